The van der Waals surface area contributed by atoms with E-state index in [1.807, 2.05) is 0 Å². The summed E-state index contributed by atoms with van der Waals surface area (Å²) in [5.41, 5.74) is -1.10. The first-order valence-corrected chi connectivity index (χ1v) is 7.29. The summed E-state index contributed by atoms with van der Waals surface area (Å²) in [5.74, 6) is -1.14. The molecule has 0 bridgehead atoms. The zero-order valence-electron chi connectivity index (χ0n) is 12.4. The Morgan fingerprint density at radius 2 is 2.04 bits per heavy atom. The number of aromatic nitrogens is 3. The highest BCUT2D eigenvalue weighted by Crippen LogP contribution is 2.31. The van der Waals surface area contributed by atoms with E-state index in [4.69, 9.17) is 16.3 Å². The van der Waals surface area contributed by atoms with Gasteiger partial charge in [-0.2, -0.15) is 18.2 Å². The van der Waals surface area contributed by atoms with E-state index in [0.717, 1.165) is 0 Å². The van der Waals surface area contributed by atoms with Crippen LogP contribution in [0.1, 0.15) is 12.6 Å². The van der Waals surface area contributed by atoms with Crippen molar-refractivity contribution >= 4 is 23.3 Å². The minimum atomic E-state index is -4.66. The third-order valence-corrected chi connectivity index (χ3v) is 2.90. The van der Waals surface area contributed by atoms with Gasteiger partial charge in [-0.25, -0.2) is 9.97 Å². The molecule has 0 unspecified atom stereocenters. The van der Waals surface area contributed by atoms with Crippen LogP contribution >= 0.6 is 11.6 Å². The lowest BCUT2D eigenvalue weighted by Gasteiger charge is -2.11. The Morgan fingerprint density at radius 1 is 1.29 bits per heavy atom. The minimum Gasteiger partial charge on any atom is -0.478 e. The van der Waals surface area contributed by atoms with E-state index in [-0.39, 0.29) is 35.7 Å². The number of pyridine rings is 1. The van der Waals surface area contributed by atoms with Gasteiger partial charge in [-0.15, -0.1) is 11.6 Å². The second kappa shape index (κ2) is 7.43. The molecule has 2 rings (SSSR count). The van der Waals surface area contributed by atoms with Crippen molar-refractivity contribution in [1.82, 2.24) is 15.0 Å². The molecule has 0 aliphatic carbocycles. The summed E-state index contributed by atoms with van der Waals surface area (Å²) in [6, 6.07) is 5.09. The van der Waals surface area contributed by atoms with Crippen molar-refractivity contribution in [2.75, 3.05) is 17.8 Å². The fraction of sp³-hybridized carbons (Fsp3) is 0.286. The van der Waals surface area contributed by atoms with Gasteiger partial charge in [0.05, 0.1) is 6.61 Å². The number of nitrogens with one attached hydrogen (secondary N) is 1. The Balaban J connectivity index is 2.45. The first-order valence-electron chi connectivity index (χ1n) is 6.75. The quantitative estimate of drug-likeness (QED) is 0.829. The molecular formula is C14H12ClF3N4O2. The number of ether oxygens (including phenoxy) is 1. The van der Waals surface area contributed by atoms with Crippen LogP contribution in [0.3, 0.4) is 0 Å². The number of carbonyl (C=O) groups excluding carboxylic acids is 1. The predicted octanol–water partition coefficient (Wildman–Crippen LogP) is 3.13. The van der Waals surface area contributed by atoms with Crippen molar-refractivity contribution in [1.29, 1.82) is 0 Å². The van der Waals surface area contributed by atoms with Crippen LogP contribution in [0.5, 0.6) is 5.88 Å². The average molecular weight is 361 g/mol. The third-order valence-electron chi connectivity index (χ3n) is 2.65. The highest BCUT2D eigenvalue weighted by atomic mass is 35.5. The fourth-order valence-corrected chi connectivity index (χ4v) is 1.78. The number of amides is 1. The van der Waals surface area contributed by atoms with Crippen LogP contribution in [0, 0.1) is 0 Å². The molecule has 0 atom stereocenters. The maximum absolute atomic E-state index is 13.0. The van der Waals surface area contributed by atoms with Gasteiger partial charge in [0, 0.05) is 6.07 Å². The number of carbonyl (C=O) groups is 1. The smallest absolute Gasteiger partial charge is 0.433 e. The van der Waals surface area contributed by atoms with Gasteiger partial charge in [0.1, 0.15) is 17.4 Å². The molecule has 2 heterocycles. The van der Waals surface area contributed by atoms with Crippen LogP contribution in [0.4, 0.5) is 19.0 Å². The number of alkyl halides is 4. The van der Waals surface area contributed by atoms with E-state index in [2.05, 4.69) is 20.3 Å². The zero-order valence-corrected chi connectivity index (χ0v) is 13.1. The molecule has 0 aliphatic heterocycles. The van der Waals surface area contributed by atoms with Crippen LogP contribution in [0.25, 0.3) is 11.5 Å². The summed E-state index contributed by atoms with van der Waals surface area (Å²) in [5, 5.41) is 2.40. The molecule has 2 aromatic heterocycles. The SMILES string of the molecule is CCOc1cc(C(F)(F)F)nc(-c2cccc(NC(=O)CCl)n2)n1. The molecule has 0 saturated heterocycles. The van der Waals surface area contributed by atoms with Gasteiger partial charge in [0.2, 0.25) is 11.8 Å². The Kier molecular flexibility index (Phi) is 5.55. The summed E-state index contributed by atoms with van der Waals surface area (Å²) in [4.78, 5) is 22.7. The summed E-state index contributed by atoms with van der Waals surface area (Å²) in [6.07, 6.45) is -4.66. The first-order chi connectivity index (χ1) is 11.3. The lowest BCUT2D eigenvalue weighted by atomic mass is 10.3. The maximum atomic E-state index is 13.0. The van der Waals surface area contributed by atoms with Gasteiger partial charge in [-0.3, -0.25) is 4.79 Å². The number of hydrogen-bond acceptors (Lipinski definition) is 5. The van der Waals surface area contributed by atoms with Gasteiger partial charge in [-0.05, 0) is 19.1 Å². The molecule has 24 heavy (non-hydrogen) atoms. The van der Waals surface area contributed by atoms with Gasteiger partial charge in [0.25, 0.3) is 0 Å². The Bertz CT molecular complexity index is 740. The Hall–Kier alpha value is -2.42. The fourth-order valence-electron chi connectivity index (χ4n) is 1.71. The summed E-state index contributed by atoms with van der Waals surface area (Å²) < 4.78 is 43.9. The first kappa shape index (κ1) is 17.9. The predicted molar refractivity (Wildman–Crippen MR) is 80.8 cm³/mol. The molecule has 1 amide bonds. The van der Waals surface area contributed by atoms with Crippen molar-refractivity contribution in [2.45, 2.75) is 13.1 Å². The highest BCUT2D eigenvalue weighted by Gasteiger charge is 2.34. The molecule has 0 aliphatic rings. The second-order valence-corrected chi connectivity index (χ2v) is 4.70. The van der Waals surface area contributed by atoms with E-state index >= 15 is 0 Å². The standard InChI is InChI=1S/C14H12ClF3N4O2/c1-2-24-12-6-9(14(16,17)18)20-13(22-12)8-4-3-5-10(19-8)21-11(23)7-15/h3-6H,2,7H2,1H3,(H,19,21,23). The Morgan fingerprint density at radius 3 is 2.67 bits per heavy atom. The lowest BCUT2D eigenvalue weighted by Crippen LogP contribution is -2.14. The zero-order chi connectivity index (χ0) is 17.7. The monoisotopic (exact) mass is 360 g/mol. The van der Waals surface area contributed by atoms with Crippen molar-refractivity contribution < 1.29 is 22.7 Å². The number of rotatable bonds is 5. The molecule has 1 N–H and O–H groups in total. The van der Waals surface area contributed by atoms with Crippen LogP contribution in [-0.4, -0.2) is 33.3 Å². The summed E-state index contributed by atoms with van der Waals surface area (Å²) >= 11 is 5.38. The molecular weight excluding hydrogens is 349 g/mol. The van der Waals surface area contributed by atoms with Crippen LogP contribution in [0.2, 0.25) is 0 Å². The minimum absolute atomic E-state index is 0.0504. The Labute approximate surface area is 140 Å². The van der Waals surface area contributed by atoms with Crippen LogP contribution in [0.15, 0.2) is 24.3 Å². The number of hydrogen-bond donors (Lipinski definition) is 1. The molecule has 0 aromatic carbocycles. The van der Waals surface area contributed by atoms with Gasteiger partial charge < -0.3 is 10.1 Å². The topological polar surface area (TPSA) is 77.0 Å². The van der Waals surface area contributed by atoms with E-state index in [1.54, 1.807) is 6.92 Å². The molecule has 6 nitrogen and oxygen atoms in total. The van der Waals surface area contributed by atoms with Crippen LogP contribution in [-0.2, 0) is 11.0 Å². The van der Waals surface area contributed by atoms with Crippen molar-refractivity contribution in [3.8, 4) is 17.4 Å². The molecule has 0 saturated carbocycles. The van der Waals surface area contributed by atoms with E-state index in [9.17, 15) is 18.0 Å². The number of nitrogens with zero attached hydrogens (tertiary/aromatic N) is 3. The molecule has 128 valence electrons. The van der Waals surface area contributed by atoms with E-state index in [1.165, 1.54) is 18.2 Å². The van der Waals surface area contributed by atoms with Gasteiger partial charge >= 0.3 is 6.18 Å². The normalized spacial score (nSPS) is 11.2. The number of anilines is 1. The van der Waals surface area contributed by atoms with Crippen LogP contribution < -0.4 is 10.1 Å². The number of halogens is 4. The largest absolute Gasteiger partial charge is 0.478 e. The summed E-state index contributed by atoms with van der Waals surface area (Å²) in [6.45, 7) is 1.77. The van der Waals surface area contributed by atoms with Gasteiger partial charge in [0.15, 0.2) is 11.5 Å². The molecule has 0 spiro atoms. The van der Waals surface area contributed by atoms with Gasteiger partial charge in [-0.1, -0.05) is 6.07 Å². The van der Waals surface area contributed by atoms with Crippen molar-refractivity contribution in [3.63, 3.8) is 0 Å². The third kappa shape index (κ3) is 4.54. The molecule has 0 fully saturated rings. The van der Waals surface area contributed by atoms with E-state index < -0.39 is 17.8 Å². The molecule has 2 aromatic rings. The maximum Gasteiger partial charge on any atom is 0.433 e. The molecule has 0 radical (unpaired) electrons. The average Bonchev–Trinajstić information content (AvgIpc) is 2.54. The van der Waals surface area contributed by atoms with E-state index in [0.29, 0.717) is 6.07 Å². The van der Waals surface area contributed by atoms with Crippen molar-refractivity contribution in [3.05, 3.63) is 30.0 Å². The molecule has 10 heteroatoms. The lowest BCUT2D eigenvalue weighted by molar-refractivity contribution is -0.141. The highest BCUT2D eigenvalue weighted by molar-refractivity contribution is 6.29. The summed E-state index contributed by atoms with van der Waals surface area (Å²) in [7, 11) is 0. The second-order valence-electron chi connectivity index (χ2n) is 4.44. The van der Waals surface area contributed by atoms with Crippen molar-refractivity contribution in [2.24, 2.45) is 0 Å².